The highest BCUT2D eigenvalue weighted by Crippen LogP contribution is 2.35. The van der Waals surface area contributed by atoms with Crippen molar-refractivity contribution in [3.05, 3.63) is 66.9 Å². The van der Waals surface area contributed by atoms with E-state index in [1.54, 1.807) is 13.4 Å². The first kappa shape index (κ1) is 14.3. The number of pyridine rings is 1. The van der Waals surface area contributed by atoms with Crippen LogP contribution in [-0.2, 0) is 0 Å². The normalized spacial score (nSPS) is 10.9. The van der Waals surface area contributed by atoms with Crippen LogP contribution in [0.15, 0.2) is 71.3 Å². The number of hydrogen-bond donors (Lipinski definition) is 1. The van der Waals surface area contributed by atoms with Gasteiger partial charge >= 0.3 is 0 Å². The van der Waals surface area contributed by atoms with Gasteiger partial charge in [0, 0.05) is 16.5 Å². The Morgan fingerprint density at radius 2 is 1.79 bits per heavy atom. The molecule has 0 saturated carbocycles. The molecule has 4 nitrogen and oxygen atoms in total. The number of methoxy groups -OCH3 is 1. The average molecular weight is 316 g/mol. The first-order chi connectivity index (χ1) is 11.8. The molecule has 4 aromatic rings. The predicted molar refractivity (Wildman–Crippen MR) is 95.8 cm³/mol. The number of ether oxygens (including phenoxy) is 1. The fourth-order valence-corrected chi connectivity index (χ4v) is 2.91. The van der Waals surface area contributed by atoms with Gasteiger partial charge in [0.05, 0.1) is 19.1 Å². The van der Waals surface area contributed by atoms with Gasteiger partial charge in [-0.25, -0.2) is 4.98 Å². The number of furan rings is 1. The van der Waals surface area contributed by atoms with Gasteiger partial charge in [-0.2, -0.15) is 0 Å². The number of aromatic nitrogens is 1. The van der Waals surface area contributed by atoms with Gasteiger partial charge in [-0.3, -0.25) is 0 Å². The Bertz CT molecular complexity index is 990. The third kappa shape index (κ3) is 2.38. The fraction of sp³-hybridized carbons (Fsp3) is 0.0500. The van der Waals surface area contributed by atoms with Crippen molar-refractivity contribution in [1.29, 1.82) is 0 Å². The number of fused-ring (bicyclic) bond motifs is 1. The molecule has 0 bridgehead atoms. The van der Waals surface area contributed by atoms with E-state index in [0.717, 1.165) is 39.1 Å². The number of anilines is 1. The molecule has 2 N–H and O–H groups in total. The summed E-state index contributed by atoms with van der Waals surface area (Å²) in [7, 11) is 1.65. The van der Waals surface area contributed by atoms with Crippen molar-refractivity contribution in [3.63, 3.8) is 0 Å². The molecule has 24 heavy (non-hydrogen) atoms. The molecule has 0 aliphatic carbocycles. The molecule has 0 unspecified atom stereocenters. The van der Waals surface area contributed by atoms with Crippen LogP contribution >= 0.6 is 0 Å². The summed E-state index contributed by atoms with van der Waals surface area (Å²) in [6, 6.07) is 19.6. The molecule has 2 aromatic heterocycles. The highest BCUT2D eigenvalue weighted by Gasteiger charge is 2.12. The van der Waals surface area contributed by atoms with Crippen LogP contribution in [0, 0.1) is 0 Å². The number of nitrogens with zero attached hydrogens (tertiary/aromatic N) is 1. The van der Waals surface area contributed by atoms with Crippen LogP contribution in [0.1, 0.15) is 0 Å². The van der Waals surface area contributed by atoms with Gasteiger partial charge in [-0.05, 0) is 47.9 Å². The number of nitrogen functional groups attached to an aromatic ring is 1. The first-order valence-corrected chi connectivity index (χ1v) is 7.64. The zero-order valence-electron chi connectivity index (χ0n) is 13.2. The Balaban J connectivity index is 1.97. The summed E-state index contributed by atoms with van der Waals surface area (Å²) in [5.41, 5.74) is 8.91. The molecule has 0 fully saturated rings. The molecule has 0 aliphatic heterocycles. The van der Waals surface area contributed by atoms with E-state index in [1.807, 2.05) is 60.7 Å². The van der Waals surface area contributed by atoms with Crippen molar-refractivity contribution in [3.8, 4) is 28.3 Å². The van der Waals surface area contributed by atoms with Gasteiger partial charge in [0.1, 0.15) is 17.3 Å². The van der Waals surface area contributed by atoms with Gasteiger partial charge in [0.15, 0.2) is 0 Å². The third-order valence-electron chi connectivity index (χ3n) is 4.04. The first-order valence-electron chi connectivity index (χ1n) is 7.64. The quantitative estimate of drug-likeness (QED) is 0.592. The SMILES string of the molecule is COc1ccc(-c2nc(N)cc3c(-c4ccco4)cccc23)cc1. The lowest BCUT2D eigenvalue weighted by Gasteiger charge is -2.11. The molecule has 2 heterocycles. The summed E-state index contributed by atoms with van der Waals surface area (Å²) >= 11 is 0. The van der Waals surface area contributed by atoms with Crippen LogP contribution in [-0.4, -0.2) is 12.1 Å². The van der Waals surface area contributed by atoms with Gasteiger partial charge in [-0.15, -0.1) is 0 Å². The summed E-state index contributed by atoms with van der Waals surface area (Å²) in [5.74, 6) is 2.10. The number of hydrogen-bond acceptors (Lipinski definition) is 4. The number of nitrogens with two attached hydrogens (primary N) is 1. The van der Waals surface area contributed by atoms with Crippen LogP contribution in [0.4, 0.5) is 5.82 Å². The molecule has 0 spiro atoms. The molecule has 118 valence electrons. The van der Waals surface area contributed by atoms with Crippen molar-refractivity contribution < 1.29 is 9.15 Å². The monoisotopic (exact) mass is 316 g/mol. The van der Waals surface area contributed by atoms with Crippen molar-refractivity contribution in [2.24, 2.45) is 0 Å². The van der Waals surface area contributed by atoms with Crippen LogP contribution in [0.25, 0.3) is 33.4 Å². The van der Waals surface area contributed by atoms with Gasteiger partial charge in [0.25, 0.3) is 0 Å². The molecule has 2 aromatic carbocycles. The molecular formula is C20H16N2O2. The fourth-order valence-electron chi connectivity index (χ4n) is 2.91. The largest absolute Gasteiger partial charge is 0.497 e. The van der Waals surface area contributed by atoms with Crippen molar-refractivity contribution in [2.45, 2.75) is 0 Å². The second-order valence-corrected chi connectivity index (χ2v) is 5.50. The molecule has 0 amide bonds. The highest BCUT2D eigenvalue weighted by molar-refractivity contribution is 6.03. The minimum absolute atomic E-state index is 0.479. The second-order valence-electron chi connectivity index (χ2n) is 5.50. The van der Waals surface area contributed by atoms with E-state index in [2.05, 4.69) is 4.98 Å². The smallest absolute Gasteiger partial charge is 0.134 e. The summed E-state index contributed by atoms with van der Waals surface area (Å²) in [5, 5.41) is 2.05. The summed E-state index contributed by atoms with van der Waals surface area (Å²) in [4.78, 5) is 4.56. The van der Waals surface area contributed by atoms with E-state index < -0.39 is 0 Å². The maximum absolute atomic E-state index is 6.07. The third-order valence-corrected chi connectivity index (χ3v) is 4.04. The lowest BCUT2D eigenvalue weighted by Crippen LogP contribution is -1.95. The molecule has 4 heteroatoms. The van der Waals surface area contributed by atoms with E-state index in [-0.39, 0.29) is 0 Å². The number of benzene rings is 2. The average Bonchev–Trinajstić information content (AvgIpc) is 3.15. The Morgan fingerprint density at radius 3 is 2.50 bits per heavy atom. The molecule has 0 atom stereocenters. The van der Waals surface area contributed by atoms with Crippen LogP contribution in [0.3, 0.4) is 0 Å². The van der Waals surface area contributed by atoms with E-state index >= 15 is 0 Å². The molecule has 0 radical (unpaired) electrons. The van der Waals surface area contributed by atoms with Crippen molar-refractivity contribution in [1.82, 2.24) is 4.98 Å². The Labute approximate surface area is 139 Å². The Morgan fingerprint density at radius 1 is 0.958 bits per heavy atom. The molecular weight excluding hydrogens is 300 g/mol. The van der Waals surface area contributed by atoms with Crippen LogP contribution in [0.5, 0.6) is 5.75 Å². The lowest BCUT2D eigenvalue weighted by atomic mass is 9.99. The van der Waals surface area contributed by atoms with E-state index in [4.69, 9.17) is 14.9 Å². The second kappa shape index (κ2) is 5.74. The van der Waals surface area contributed by atoms with Crippen molar-refractivity contribution in [2.75, 3.05) is 12.8 Å². The molecule has 0 saturated heterocycles. The minimum atomic E-state index is 0.479. The van der Waals surface area contributed by atoms with E-state index in [9.17, 15) is 0 Å². The molecule has 4 rings (SSSR count). The van der Waals surface area contributed by atoms with Gasteiger partial charge in [-0.1, -0.05) is 18.2 Å². The predicted octanol–water partition coefficient (Wildman–Crippen LogP) is 4.75. The van der Waals surface area contributed by atoms with Crippen LogP contribution < -0.4 is 10.5 Å². The standard InChI is InChI=1S/C20H16N2O2/c1-23-14-9-7-13(8-10-14)20-16-5-2-4-15(18-6-3-11-24-18)17(16)12-19(21)22-20/h2-12H,1H3,(H2,21,22). The van der Waals surface area contributed by atoms with E-state index in [1.165, 1.54) is 0 Å². The summed E-state index contributed by atoms with van der Waals surface area (Å²) in [6.07, 6.45) is 1.67. The highest BCUT2D eigenvalue weighted by atomic mass is 16.5. The van der Waals surface area contributed by atoms with Crippen LogP contribution in [0.2, 0.25) is 0 Å². The van der Waals surface area contributed by atoms with Gasteiger partial charge in [0.2, 0.25) is 0 Å². The maximum atomic E-state index is 6.07. The zero-order chi connectivity index (χ0) is 16.5. The number of rotatable bonds is 3. The molecule has 0 aliphatic rings. The lowest BCUT2D eigenvalue weighted by molar-refractivity contribution is 0.415. The topological polar surface area (TPSA) is 61.3 Å². The Hall–Kier alpha value is -3.27. The Kier molecular flexibility index (Phi) is 3.43. The minimum Gasteiger partial charge on any atom is -0.497 e. The van der Waals surface area contributed by atoms with Crippen molar-refractivity contribution >= 4 is 16.6 Å². The summed E-state index contributed by atoms with van der Waals surface area (Å²) in [6.45, 7) is 0. The van der Waals surface area contributed by atoms with Gasteiger partial charge < -0.3 is 14.9 Å². The zero-order valence-corrected chi connectivity index (χ0v) is 13.2. The summed E-state index contributed by atoms with van der Waals surface area (Å²) < 4.78 is 10.8. The maximum Gasteiger partial charge on any atom is 0.134 e. The van der Waals surface area contributed by atoms with E-state index in [0.29, 0.717) is 5.82 Å².